The van der Waals surface area contributed by atoms with Gasteiger partial charge in [-0.05, 0) is 0 Å². The van der Waals surface area contributed by atoms with E-state index >= 15 is 0 Å². The molecule has 0 aromatic carbocycles. The number of hydrogen-bond donors (Lipinski definition) is 5. The average molecular weight is 557 g/mol. The van der Waals surface area contributed by atoms with E-state index < -0.39 is 0 Å². The Hall–Kier alpha value is 1.24. The van der Waals surface area contributed by atoms with Crippen LogP contribution in [0.5, 0.6) is 0 Å². The minimum absolute atomic E-state index is 0. The molecule has 0 aliphatic rings. The second-order valence-corrected chi connectivity index (χ2v) is 7.29. The van der Waals surface area contributed by atoms with Gasteiger partial charge in [0.15, 0.2) is 0 Å². The SMILES string of the molecule is NC(=S)[S-].NC(=S)[S-].NC(=S)[S-].NC(=S)[S-].NC(=S)[S-].[Mo]. The monoisotopic (exact) mass is 558 g/mol. The predicted molar refractivity (Wildman–Crippen MR) is 121 cm³/mol. The summed E-state index contributed by atoms with van der Waals surface area (Å²) in [6, 6.07) is 0. The van der Waals surface area contributed by atoms with Crippen LogP contribution in [-0.2, 0) is 84.2 Å². The minimum atomic E-state index is 0. The van der Waals surface area contributed by atoms with Crippen molar-refractivity contribution in [2.45, 2.75) is 0 Å². The van der Waals surface area contributed by atoms with Crippen molar-refractivity contribution >= 4 is 146 Å². The Morgan fingerprint density at radius 2 is 0.429 bits per heavy atom. The molecule has 0 aliphatic heterocycles. The molecule has 0 aliphatic carbocycles. The molecule has 0 rings (SSSR count). The van der Waals surface area contributed by atoms with Gasteiger partial charge in [0.2, 0.25) is 0 Å². The van der Waals surface area contributed by atoms with Crippen molar-refractivity contribution in [1.82, 2.24) is 0 Å². The van der Waals surface area contributed by atoms with Gasteiger partial charge >= 0.3 is 0 Å². The first-order chi connectivity index (χ1) is 8.66. The first kappa shape index (κ1) is 38.0. The summed E-state index contributed by atoms with van der Waals surface area (Å²) in [5.74, 6) is 0. The molecule has 0 unspecified atom stereocenters. The summed E-state index contributed by atoms with van der Waals surface area (Å²) in [6.45, 7) is 0. The van der Waals surface area contributed by atoms with Gasteiger partial charge in [-0.2, -0.15) is 0 Å². The Kier molecular flexibility index (Phi) is 59.8. The van der Waals surface area contributed by atoms with E-state index in [2.05, 4.69) is 153 Å². The van der Waals surface area contributed by atoms with Crippen molar-refractivity contribution < 1.29 is 21.1 Å². The first-order valence-corrected chi connectivity index (χ1v) is 7.57. The fraction of sp³-hybridized carbons (Fsp3) is 0. The third-order valence-electron chi connectivity index (χ3n) is 0. The molecule has 0 atom stereocenters. The third kappa shape index (κ3) is 5130. The van der Waals surface area contributed by atoms with Crippen LogP contribution in [0, 0.1) is 0 Å². The molecule has 0 aromatic heterocycles. The summed E-state index contributed by atoms with van der Waals surface area (Å²) in [6.07, 6.45) is 0. The summed E-state index contributed by atoms with van der Waals surface area (Å²) in [4.78, 5) is 0. The number of thiocarbonyl (C=S) groups is 5. The summed E-state index contributed by atoms with van der Waals surface area (Å²) >= 11 is 41.3. The van der Waals surface area contributed by atoms with E-state index in [0.29, 0.717) is 0 Å². The van der Waals surface area contributed by atoms with Gasteiger partial charge in [-0.3, -0.25) is 0 Å². The van der Waals surface area contributed by atoms with Gasteiger partial charge in [0.25, 0.3) is 0 Å². The summed E-state index contributed by atoms with van der Waals surface area (Å²) in [7, 11) is 0. The van der Waals surface area contributed by atoms with Crippen molar-refractivity contribution in [3.8, 4) is 0 Å². The van der Waals surface area contributed by atoms with Crippen LogP contribution >= 0.6 is 61.1 Å². The normalized spacial score (nSPS) is 5.71. The minimum Gasteiger partial charge on any atom is -0.415 e. The number of nitrogens with two attached hydrogens (primary N) is 5. The molecule has 5 nitrogen and oxygen atoms in total. The number of hydrogen-bond acceptors (Lipinski definition) is 10. The fourth-order valence-electron chi connectivity index (χ4n) is 0. The summed E-state index contributed by atoms with van der Waals surface area (Å²) < 4.78 is 0.417. The number of rotatable bonds is 0. The Morgan fingerprint density at radius 1 is 0.429 bits per heavy atom. The van der Waals surface area contributed by atoms with Gasteiger partial charge in [0, 0.05) is 21.1 Å². The topological polar surface area (TPSA) is 130 Å². The second kappa shape index (κ2) is 33.0. The van der Waals surface area contributed by atoms with Crippen LogP contribution in [0.3, 0.4) is 0 Å². The molecule has 0 radical (unpaired) electrons. The van der Waals surface area contributed by atoms with Crippen molar-refractivity contribution in [3.05, 3.63) is 0 Å². The van der Waals surface area contributed by atoms with E-state index in [4.69, 9.17) is 0 Å². The molecule has 126 valence electrons. The maximum absolute atomic E-state index is 4.66. The van der Waals surface area contributed by atoms with E-state index in [0.717, 1.165) is 0 Å². The van der Waals surface area contributed by atoms with E-state index in [1.165, 1.54) is 0 Å². The van der Waals surface area contributed by atoms with Gasteiger partial charge in [-0.1, -0.05) is 21.6 Å². The quantitative estimate of drug-likeness (QED) is 0.140. The standard InChI is InChI=1S/5CH3NS2.Mo/c5*2-1(3)4;/h5*(H3,2,3,4);/p-5. The summed E-state index contributed by atoms with van der Waals surface area (Å²) in [5, 5.41) is 0. The van der Waals surface area contributed by atoms with E-state index in [1.54, 1.807) is 0 Å². The molecule has 0 saturated carbocycles. The van der Waals surface area contributed by atoms with Gasteiger partial charge in [-0.15, -0.1) is 0 Å². The molecule has 21 heavy (non-hydrogen) atoms. The maximum Gasteiger partial charge on any atom is 0 e. The molecule has 16 heteroatoms. The van der Waals surface area contributed by atoms with E-state index in [9.17, 15) is 0 Å². The largest absolute Gasteiger partial charge is 0.415 e. The van der Waals surface area contributed by atoms with Gasteiger partial charge in [0.05, 0.1) is 0 Å². The zero-order chi connectivity index (χ0) is 17.9. The van der Waals surface area contributed by atoms with Crippen LogP contribution in [0.2, 0.25) is 0 Å². The molecule has 0 aromatic rings. The van der Waals surface area contributed by atoms with Gasteiger partial charge in [-0.25, -0.2) is 0 Å². The van der Waals surface area contributed by atoms with Crippen LogP contribution in [0.1, 0.15) is 0 Å². The van der Waals surface area contributed by atoms with E-state index in [-0.39, 0.29) is 42.7 Å². The van der Waals surface area contributed by atoms with Crippen molar-refractivity contribution in [1.29, 1.82) is 0 Å². The van der Waals surface area contributed by atoms with Crippen LogP contribution in [0.4, 0.5) is 0 Å². The van der Waals surface area contributed by atoms with Crippen LogP contribution in [0.25, 0.3) is 0 Å². The predicted octanol–water partition coefficient (Wildman–Crippen LogP) is -1.12. The summed E-state index contributed by atoms with van der Waals surface area (Å²) in [5.41, 5.74) is 23.3. The van der Waals surface area contributed by atoms with Crippen LogP contribution in [0.15, 0.2) is 0 Å². The molecule has 10 N–H and O–H groups in total. The Balaban J connectivity index is -0.0000000331. The van der Waals surface area contributed by atoms with Crippen LogP contribution in [-0.4, -0.2) is 21.6 Å². The molecule has 0 heterocycles. The van der Waals surface area contributed by atoms with Crippen LogP contribution < -0.4 is 28.7 Å². The Labute approximate surface area is 193 Å². The maximum atomic E-state index is 4.66. The molecule has 0 spiro atoms. The van der Waals surface area contributed by atoms with Crippen molar-refractivity contribution in [3.63, 3.8) is 0 Å². The molecule has 0 fully saturated rings. The van der Waals surface area contributed by atoms with Gasteiger partial charge in [0.1, 0.15) is 0 Å². The average Bonchev–Trinajstić information content (AvgIpc) is 1.94. The molecule has 0 bridgehead atoms. The van der Waals surface area contributed by atoms with Gasteiger partial charge < -0.3 is 153 Å². The second-order valence-electron chi connectivity index (χ2n) is 1.60. The molecule has 0 amide bonds. The smallest absolute Gasteiger partial charge is 0 e. The zero-order valence-electron chi connectivity index (χ0n) is 9.88. The molecule has 0 saturated heterocycles. The Morgan fingerprint density at radius 3 is 0.429 bits per heavy atom. The van der Waals surface area contributed by atoms with E-state index in [1.807, 2.05) is 0 Å². The van der Waals surface area contributed by atoms with Crippen molar-refractivity contribution in [2.24, 2.45) is 28.7 Å². The molecular formula is C5H10MoN5S10-5. The Bertz CT molecular complexity index is 221. The fourth-order valence-corrected chi connectivity index (χ4v) is 0. The third-order valence-corrected chi connectivity index (χ3v) is 0. The molecular weight excluding hydrogens is 547 g/mol. The zero-order valence-corrected chi connectivity index (χ0v) is 20.0. The van der Waals surface area contributed by atoms with Crippen molar-refractivity contribution in [2.75, 3.05) is 0 Å². The first-order valence-electron chi connectivity index (χ1n) is 3.48.